The van der Waals surface area contributed by atoms with E-state index in [0.29, 0.717) is 47.0 Å². The Balaban J connectivity index is 1.91. The molecule has 3 heterocycles. The van der Waals surface area contributed by atoms with Crippen molar-refractivity contribution in [2.75, 3.05) is 37.9 Å². The van der Waals surface area contributed by atoms with Crippen LogP contribution in [0.4, 0.5) is 5.82 Å². The minimum atomic E-state index is 0.165. The SMILES string of the molecule is C=N/C(C)=C(\C=N/CN)c1nc(N2CCOCC2)c2nc(Cl)n(CC3CC3)c2n1. The molecule has 2 aromatic heterocycles. The van der Waals surface area contributed by atoms with E-state index in [1.807, 2.05) is 11.5 Å². The zero-order valence-corrected chi connectivity index (χ0v) is 17.3. The number of imidazole rings is 1. The second-order valence-electron chi connectivity index (χ2n) is 7.23. The average Bonchev–Trinajstić information content (AvgIpc) is 3.51. The van der Waals surface area contributed by atoms with Crippen LogP contribution >= 0.6 is 11.6 Å². The summed E-state index contributed by atoms with van der Waals surface area (Å²) in [6.45, 7) is 9.20. The Morgan fingerprint density at radius 2 is 2.07 bits per heavy atom. The lowest BCUT2D eigenvalue weighted by atomic mass is 10.2. The van der Waals surface area contributed by atoms with Gasteiger partial charge >= 0.3 is 0 Å². The molecule has 10 heteroatoms. The largest absolute Gasteiger partial charge is 0.378 e. The third-order valence-corrected chi connectivity index (χ3v) is 5.46. The van der Waals surface area contributed by atoms with E-state index in [1.54, 1.807) is 6.21 Å². The second kappa shape index (κ2) is 8.56. The van der Waals surface area contributed by atoms with E-state index in [4.69, 9.17) is 32.0 Å². The van der Waals surface area contributed by atoms with Crippen molar-refractivity contribution in [3.63, 3.8) is 0 Å². The molecular formula is C19H25ClN8O. The summed E-state index contributed by atoms with van der Waals surface area (Å²) in [5.41, 5.74) is 8.35. The molecule has 2 aromatic rings. The molecule has 9 nitrogen and oxygen atoms in total. The van der Waals surface area contributed by atoms with Gasteiger partial charge in [0.05, 0.1) is 25.5 Å². The molecule has 1 aliphatic heterocycles. The molecular weight excluding hydrogens is 392 g/mol. The van der Waals surface area contributed by atoms with Crippen molar-refractivity contribution in [1.82, 2.24) is 19.5 Å². The van der Waals surface area contributed by atoms with Gasteiger partial charge in [-0.2, -0.15) is 0 Å². The number of ether oxygens (including phenoxy) is 1. The van der Waals surface area contributed by atoms with E-state index in [1.165, 1.54) is 12.8 Å². The Morgan fingerprint density at radius 3 is 2.72 bits per heavy atom. The molecule has 2 aliphatic rings. The first kappa shape index (κ1) is 19.9. The van der Waals surface area contributed by atoms with Crippen LogP contribution in [0.1, 0.15) is 25.6 Å². The number of hydrogen-bond donors (Lipinski definition) is 1. The van der Waals surface area contributed by atoms with E-state index in [0.717, 1.165) is 31.1 Å². The van der Waals surface area contributed by atoms with E-state index in [9.17, 15) is 0 Å². The second-order valence-corrected chi connectivity index (χ2v) is 7.57. The Bertz CT molecular complexity index is 972. The van der Waals surface area contributed by atoms with Gasteiger partial charge < -0.3 is 15.4 Å². The maximum absolute atomic E-state index is 6.51. The van der Waals surface area contributed by atoms with Gasteiger partial charge in [-0.1, -0.05) is 0 Å². The average molecular weight is 417 g/mol. The summed E-state index contributed by atoms with van der Waals surface area (Å²) >= 11 is 6.51. The molecule has 4 rings (SSSR count). The standard InChI is InChI=1S/C19H25ClN8O/c1-12(22-2)14(9-23-11-21)16-25-17(27-5-7-29-8-6-27)15-18(26-16)28(19(20)24-15)10-13-3-4-13/h9,13H,2-8,10-11,21H2,1H3/b14-12+,23-9-. The molecule has 0 spiro atoms. The molecule has 2 N–H and O–H groups in total. The minimum Gasteiger partial charge on any atom is -0.378 e. The minimum absolute atomic E-state index is 0.165. The van der Waals surface area contributed by atoms with E-state index in [2.05, 4.69) is 26.6 Å². The number of allylic oxidation sites excluding steroid dienone is 2. The molecule has 0 atom stereocenters. The number of aliphatic imine (C=N–C) groups is 2. The molecule has 0 bridgehead atoms. The van der Waals surface area contributed by atoms with Crippen molar-refractivity contribution < 1.29 is 4.74 Å². The molecule has 2 fully saturated rings. The first-order valence-corrected chi connectivity index (χ1v) is 10.1. The van der Waals surface area contributed by atoms with Gasteiger partial charge in [0.2, 0.25) is 5.28 Å². The fourth-order valence-corrected chi connectivity index (χ4v) is 3.57. The van der Waals surface area contributed by atoms with Crippen molar-refractivity contribution in [3.8, 4) is 0 Å². The number of aromatic nitrogens is 4. The highest BCUT2D eigenvalue weighted by molar-refractivity contribution is 6.29. The highest BCUT2D eigenvalue weighted by Crippen LogP contribution is 2.35. The zero-order valence-electron chi connectivity index (χ0n) is 16.5. The van der Waals surface area contributed by atoms with Gasteiger partial charge in [-0.05, 0) is 44.0 Å². The summed E-state index contributed by atoms with van der Waals surface area (Å²) in [5.74, 6) is 1.88. The number of anilines is 1. The third kappa shape index (κ3) is 4.17. The van der Waals surface area contributed by atoms with E-state index < -0.39 is 0 Å². The maximum atomic E-state index is 6.51. The van der Waals surface area contributed by atoms with Crippen molar-refractivity contribution in [3.05, 3.63) is 16.8 Å². The Labute approximate surface area is 174 Å². The fourth-order valence-electron chi connectivity index (χ4n) is 3.34. The lowest BCUT2D eigenvalue weighted by molar-refractivity contribution is 0.122. The highest BCUT2D eigenvalue weighted by Gasteiger charge is 2.27. The van der Waals surface area contributed by atoms with Crippen molar-refractivity contribution >= 4 is 47.1 Å². The number of nitrogens with zero attached hydrogens (tertiary/aromatic N) is 7. The lowest BCUT2D eigenvalue weighted by Gasteiger charge is -2.28. The van der Waals surface area contributed by atoms with Crippen LogP contribution in [0.15, 0.2) is 15.7 Å². The van der Waals surface area contributed by atoms with Crippen LogP contribution in [0.3, 0.4) is 0 Å². The zero-order chi connectivity index (χ0) is 20.4. The summed E-state index contributed by atoms with van der Waals surface area (Å²) in [7, 11) is 0. The van der Waals surface area contributed by atoms with Gasteiger partial charge in [-0.15, -0.1) is 0 Å². The number of hydrogen-bond acceptors (Lipinski definition) is 8. The summed E-state index contributed by atoms with van der Waals surface area (Å²) in [6.07, 6.45) is 4.06. The molecule has 0 aromatic carbocycles. The number of halogens is 1. The van der Waals surface area contributed by atoms with Crippen LogP contribution in [0, 0.1) is 5.92 Å². The Morgan fingerprint density at radius 1 is 1.31 bits per heavy atom. The topological polar surface area (TPSA) is 107 Å². The van der Waals surface area contributed by atoms with Gasteiger partial charge in [0, 0.05) is 31.5 Å². The lowest BCUT2D eigenvalue weighted by Crippen LogP contribution is -2.37. The normalized spacial score (nSPS) is 18.5. The highest BCUT2D eigenvalue weighted by atomic mass is 35.5. The van der Waals surface area contributed by atoms with E-state index in [-0.39, 0.29) is 6.67 Å². The molecule has 1 aliphatic carbocycles. The van der Waals surface area contributed by atoms with Crippen LogP contribution in [-0.2, 0) is 11.3 Å². The molecule has 154 valence electrons. The number of nitrogens with two attached hydrogens (primary N) is 1. The summed E-state index contributed by atoms with van der Waals surface area (Å²) in [5, 5.41) is 0.438. The molecule has 1 saturated carbocycles. The predicted molar refractivity (Wildman–Crippen MR) is 116 cm³/mol. The molecule has 0 unspecified atom stereocenters. The van der Waals surface area contributed by atoms with Crippen LogP contribution in [0.2, 0.25) is 5.28 Å². The number of fused-ring (bicyclic) bond motifs is 1. The number of rotatable bonds is 7. The van der Waals surface area contributed by atoms with Crippen molar-refractivity contribution in [2.24, 2.45) is 21.6 Å². The predicted octanol–water partition coefficient (Wildman–Crippen LogP) is 2.14. The first-order valence-electron chi connectivity index (χ1n) is 9.76. The maximum Gasteiger partial charge on any atom is 0.205 e. The molecule has 0 amide bonds. The van der Waals surface area contributed by atoms with Gasteiger partial charge in [0.15, 0.2) is 22.8 Å². The number of morpholine rings is 1. The van der Waals surface area contributed by atoms with Gasteiger partial charge in [0.1, 0.15) is 0 Å². The van der Waals surface area contributed by atoms with Crippen LogP contribution < -0.4 is 10.6 Å². The van der Waals surface area contributed by atoms with Gasteiger partial charge in [-0.3, -0.25) is 14.6 Å². The van der Waals surface area contributed by atoms with Crippen LogP contribution in [-0.4, -0.2) is 65.4 Å². The Kier molecular flexibility index (Phi) is 5.89. The van der Waals surface area contributed by atoms with Crippen molar-refractivity contribution in [1.29, 1.82) is 0 Å². The quantitative estimate of drug-likeness (QED) is 0.547. The van der Waals surface area contributed by atoms with E-state index >= 15 is 0 Å². The fraction of sp³-hybridized carbons (Fsp3) is 0.526. The van der Waals surface area contributed by atoms with Gasteiger partial charge in [0.25, 0.3) is 0 Å². The summed E-state index contributed by atoms with van der Waals surface area (Å²) < 4.78 is 7.49. The summed E-state index contributed by atoms with van der Waals surface area (Å²) in [4.78, 5) is 24.7. The van der Waals surface area contributed by atoms with Gasteiger partial charge in [-0.25, -0.2) is 15.0 Å². The summed E-state index contributed by atoms with van der Waals surface area (Å²) in [6, 6.07) is 0. The van der Waals surface area contributed by atoms with Crippen LogP contribution in [0.25, 0.3) is 16.7 Å². The molecule has 29 heavy (non-hydrogen) atoms. The van der Waals surface area contributed by atoms with Crippen LogP contribution in [0.5, 0.6) is 0 Å². The molecule has 0 radical (unpaired) electrons. The smallest absolute Gasteiger partial charge is 0.205 e. The third-order valence-electron chi connectivity index (χ3n) is 5.17. The first-order chi connectivity index (χ1) is 14.1. The Hall–Kier alpha value is -2.36. The van der Waals surface area contributed by atoms with Crippen molar-refractivity contribution in [2.45, 2.75) is 26.3 Å². The molecule has 1 saturated heterocycles. The monoisotopic (exact) mass is 416 g/mol.